The van der Waals surface area contributed by atoms with E-state index in [1.54, 1.807) is 41.3 Å². The van der Waals surface area contributed by atoms with E-state index in [9.17, 15) is 31.1 Å². The predicted molar refractivity (Wildman–Crippen MR) is 124 cm³/mol. The van der Waals surface area contributed by atoms with Crippen LogP contribution >= 0.6 is 0 Å². The Morgan fingerprint density at radius 2 is 1.82 bits per heavy atom. The minimum atomic E-state index is -5.06. The van der Waals surface area contributed by atoms with E-state index in [1.807, 2.05) is 0 Å². The lowest BCUT2D eigenvalue weighted by atomic mass is 10.1. The van der Waals surface area contributed by atoms with Crippen molar-refractivity contribution in [3.8, 4) is 23.0 Å². The molecule has 38 heavy (non-hydrogen) atoms. The number of methoxy groups -OCH3 is 2. The number of hydrogen-bond donors (Lipinski definition) is 1. The largest absolute Gasteiger partial charge is 0.481 e. The monoisotopic (exact) mass is 548 g/mol. The van der Waals surface area contributed by atoms with Crippen LogP contribution in [0.25, 0.3) is 16.9 Å². The Bertz CT molecular complexity index is 1260. The van der Waals surface area contributed by atoms with Crippen molar-refractivity contribution in [3.05, 3.63) is 36.4 Å². The van der Waals surface area contributed by atoms with E-state index < -0.39 is 43.3 Å². The lowest BCUT2D eigenvalue weighted by Gasteiger charge is -2.31. The van der Waals surface area contributed by atoms with Gasteiger partial charge < -0.3 is 24.1 Å². The molecule has 0 saturated heterocycles. The number of carbonyl (C=O) groups is 1. The molecular formula is C23H26F6N6O3. The molecule has 0 bridgehead atoms. The molecule has 208 valence electrons. The molecule has 1 N–H and O–H groups in total. The van der Waals surface area contributed by atoms with Crippen LogP contribution in [0.5, 0.6) is 11.8 Å². The second kappa shape index (κ2) is 11.3. The summed E-state index contributed by atoms with van der Waals surface area (Å²) in [7, 11) is 2.82. The highest BCUT2D eigenvalue weighted by molar-refractivity contribution is 5.75. The first-order valence-corrected chi connectivity index (χ1v) is 11.4. The number of urea groups is 1. The molecule has 0 radical (unpaired) electrons. The maximum Gasteiger partial charge on any atom is 0.408 e. The van der Waals surface area contributed by atoms with Crippen molar-refractivity contribution in [1.82, 2.24) is 29.6 Å². The molecular weight excluding hydrogens is 522 g/mol. The van der Waals surface area contributed by atoms with Crippen molar-refractivity contribution in [2.75, 3.05) is 20.8 Å². The third-order valence-electron chi connectivity index (χ3n) is 5.84. The van der Waals surface area contributed by atoms with Gasteiger partial charge in [-0.2, -0.15) is 26.3 Å². The Morgan fingerprint density at radius 1 is 1.13 bits per heavy atom. The summed E-state index contributed by atoms with van der Waals surface area (Å²) in [6.45, 7) is 3.05. The normalized spacial score (nSPS) is 13.7. The zero-order valence-electron chi connectivity index (χ0n) is 20.9. The van der Waals surface area contributed by atoms with E-state index in [4.69, 9.17) is 9.47 Å². The number of imidazole rings is 1. The molecule has 1 unspecified atom stereocenters. The van der Waals surface area contributed by atoms with E-state index in [0.29, 0.717) is 22.5 Å². The maximum absolute atomic E-state index is 13.4. The predicted octanol–water partition coefficient (Wildman–Crippen LogP) is 5.17. The number of nitrogens with one attached hydrogen (secondary N) is 1. The van der Waals surface area contributed by atoms with Crippen LogP contribution in [0.4, 0.5) is 31.1 Å². The fourth-order valence-electron chi connectivity index (χ4n) is 3.84. The van der Waals surface area contributed by atoms with Crippen molar-refractivity contribution < 1.29 is 40.6 Å². The maximum atomic E-state index is 13.4. The number of halogens is 6. The van der Waals surface area contributed by atoms with Gasteiger partial charge in [-0.15, -0.1) is 0 Å². The molecule has 0 aliphatic heterocycles. The number of ether oxygens (including phenoxy) is 2. The van der Waals surface area contributed by atoms with Gasteiger partial charge >= 0.3 is 18.4 Å². The SMILES string of the molecule is CCN(C(=O)NC(CCC(F)(F)F)C(F)(F)F)[C@H](C)c1cnc(OC)c(-c2cn3ccnc3c(OC)n2)c1. The molecule has 15 heteroatoms. The first-order chi connectivity index (χ1) is 17.8. The first-order valence-electron chi connectivity index (χ1n) is 11.4. The van der Waals surface area contributed by atoms with Crippen LogP contribution in [-0.4, -0.2) is 69.4 Å². The van der Waals surface area contributed by atoms with Gasteiger partial charge in [0.2, 0.25) is 5.88 Å². The highest BCUT2D eigenvalue weighted by Crippen LogP contribution is 2.33. The Hall–Kier alpha value is -3.78. The number of carbonyl (C=O) groups excluding carboxylic acids is 1. The molecule has 0 aromatic carbocycles. The number of pyridine rings is 1. The quantitative estimate of drug-likeness (QED) is 0.371. The first kappa shape index (κ1) is 28.8. The van der Waals surface area contributed by atoms with Gasteiger partial charge in [-0.1, -0.05) is 0 Å². The summed E-state index contributed by atoms with van der Waals surface area (Å²) in [6, 6.07) is -3.03. The summed E-state index contributed by atoms with van der Waals surface area (Å²) in [5, 5.41) is 1.71. The van der Waals surface area contributed by atoms with Gasteiger partial charge in [-0.25, -0.2) is 19.7 Å². The van der Waals surface area contributed by atoms with E-state index in [0.717, 1.165) is 4.90 Å². The third kappa shape index (κ3) is 6.55. The molecule has 0 aliphatic carbocycles. The fourth-order valence-corrected chi connectivity index (χ4v) is 3.84. The molecule has 0 aliphatic rings. The summed E-state index contributed by atoms with van der Waals surface area (Å²) in [5.41, 5.74) is 1.66. The Morgan fingerprint density at radius 3 is 2.39 bits per heavy atom. The minimum Gasteiger partial charge on any atom is -0.481 e. The van der Waals surface area contributed by atoms with Gasteiger partial charge in [0.25, 0.3) is 5.88 Å². The fraction of sp³-hybridized carbons (Fsp3) is 0.478. The van der Waals surface area contributed by atoms with Crippen LogP contribution in [0.15, 0.2) is 30.9 Å². The van der Waals surface area contributed by atoms with Crippen LogP contribution in [-0.2, 0) is 0 Å². The van der Waals surface area contributed by atoms with Crippen molar-refractivity contribution in [2.24, 2.45) is 0 Å². The van der Waals surface area contributed by atoms with E-state index in [1.165, 1.54) is 27.3 Å². The van der Waals surface area contributed by atoms with E-state index >= 15 is 0 Å². The summed E-state index contributed by atoms with van der Waals surface area (Å²) in [6.07, 6.45) is -6.61. The Balaban J connectivity index is 1.92. The molecule has 0 saturated carbocycles. The Labute approximate surface area is 213 Å². The topological polar surface area (TPSA) is 93.9 Å². The lowest BCUT2D eigenvalue weighted by Crippen LogP contribution is -2.51. The number of rotatable bonds is 9. The van der Waals surface area contributed by atoms with Crippen molar-refractivity contribution in [2.45, 2.75) is 51.1 Å². The van der Waals surface area contributed by atoms with Gasteiger partial charge in [0, 0.05) is 37.8 Å². The zero-order valence-corrected chi connectivity index (χ0v) is 20.9. The molecule has 3 aromatic heterocycles. The van der Waals surface area contributed by atoms with Gasteiger partial charge in [-0.3, -0.25) is 0 Å². The summed E-state index contributed by atoms with van der Waals surface area (Å²) < 4.78 is 90.1. The van der Waals surface area contributed by atoms with Gasteiger partial charge in [0.1, 0.15) is 6.04 Å². The average Bonchev–Trinajstić information content (AvgIpc) is 3.33. The van der Waals surface area contributed by atoms with Crippen molar-refractivity contribution in [3.63, 3.8) is 0 Å². The molecule has 3 rings (SSSR count). The molecule has 3 heterocycles. The van der Waals surface area contributed by atoms with Gasteiger partial charge in [0.05, 0.1) is 31.5 Å². The molecule has 0 spiro atoms. The second-order valence-electron chi connectivity index (χ2n) is 8.28. The van der Waals surface area contributed by atoms with Crippen LogP contribution in [0.2, 0.25) is 0 Å². The number of hydrogen-bond acceptors (Lipinski definition) is 6. The minimum absolute atomic E-state index is 0.0364. The number of nitrogens with zero attached hydrogens (tertiary/aromatic N) is 5. The molecule has 2 atom stereocenters. The van der Waals surface area contributed by atoms with E-state index in [2.05, 4.69) is 15.0 Å². The molecule has 3 aromatic rings. The summed E-state index contributed by atoms with van der Waals surface area (Å²) in [5.74, 6) is 0.409. The van der Waals surface area contributed by atoms with Crippen LogP contribution in [0, 0.1) is 0 Å². The lowest BCUT2D eigenvalue weighted by molar-refractivity contribution is -0.171. The third-order valence-corrected chi connectivity index (χ3v) is 5.84. The smallest absolute Gasteiger partial charge is 0.408 e. The summed E-state index contributed by atoms with van der Waals surface area (Å²) >= 11 is 0. The van der Waals surface area contributed by atoms with Crippen molar-refractivity contribution >= 4 is 11.7 Å². The number of fused-ring (bicyclic) bond motifs is 1. The van der Waals surface area contributed by atoms with Crippen LogP contribution < -0.4 is 14.8 Å². The van der Waals surface area contributed by atoms with Crippen LogP contribution in [0.1, 0.15) is 38.3 Å². The van der Waals surface area contributed by atoms with Crippen molar-refractivity contribution in [1.29, 1.82) is 0 Å². The second-order valence-corrected chi connectivity index (χ2v) is 8.28. The number of aromatic nitrogens is 4. The molecule has 2 amide bonds. The highest BCUT2D eigenvalue weighted by Gasteiger charge is 2.43. The number of alkyl halides is 6. The highest BCUT2D eigenvalue weighted by atomic mass is 19.4. The standard InChI is InChI=1S/C23H26F6N6O3/c1-5-35(21(36)33-17(23(27,28)29)6-7-22(24,25)26)13(2)14-10-15(19(37-3)31-11-14)16-12-34-9-8-30-18(34)20(32-16)38-4/h8-13,17H,5-7H2,1-4H3,(H,33,36)/t13-,17?/m1/s1. The Kier molecular flexibility index (Phi) is 8.57. The molecule has 0 fully saturated rings. The van der Waals surface area contributed by atoms with E-state index in [-0.39, 0.29) is 18.3 Å². The average molecular weight is 548 g/mol. The number of amides is 2. The summed E-state index contributed by atoms with van der Waals surface area (Å²) in [4.78, 5) is 26.7. The zero-order chi connectivity index (χ0) is 28.3. The van der Waals surface area contributed by atoms with Gasteiger partial charge in [-0.05, 0) is 31.9 Å². The van der Waals surface area contributed by atoms with Crippen LogP contribution in [0.3, 0.4) is 0 Å². The van der Waals surface area contributed by atoms with Gasteiger partial charge in [0.15, 0.2) is 5.65 Å². The molecule has 9 nitrogen and oxygen atoms in total.